The lowest BCUT2D eigenvalue weighted by molar-refractivity contribution is 0.530. The van der Waals surface area contributed by atoms with Gasteiger partial charge in [-0.05, 0) is 12.1 Å². The Bertz CT molecular complexity index is 705. The molecule has 0 bridgehead atoms. The van der Waals surface area contributed by atoms with E-state index < -0.39 is 40.8 Å². The minimum absolute atomic E-state index is 0.433. The Morgan fingerprint density at radius 2 is 1.50 bits per heavy atom. The molecule has 0 saturated heterocycles. The van der Waals surface area contributed by atoms with Crippen LogP contribution in [0.5, 0.6) is 0 Å². The Morgan fingerprint density at radius 1 is 1.00 bits per heavy atom. The first-order chi connectivity index (χ1) is 8.49. The van der Waals surface area contributed by atoms with Crippen LogP contribution in [-0.2, 0) is 6.54 Å². The molecule has 0 aliphatic heterocycles. The standard InChI is InChI=1S/C10H7F2N3O3/c11-6-2-1-3-7(12)5(6)4-15-9(17)13-8(16)14-10(15)18/h1-3H,4H2,(H2,13,14,16,17,18). The highest BCUT2D eigenvalue weighted by Gasteiger charge is 2.12. The van der Waals surface area contributed by atoms with Crippen LogP contribution in [0.15, 0.2) is 32.6 Å². The molecule has 0 aliphatic carbocycles. The van der Waals surface area contributed by atoms with Crippen molar-refractivity contribution >= 4 is 0 Å². The second kappa shape index (κ2) is 4.40. The second-order valence-electron chi connectivity index (χ2n) is 3.48. The van der Waals surface area contributed by atoms with Crippen molar-refractivity contribution in [1.82, 2.24) is 14.5 Å². The summed E-state index contributed by atoms with van der Waals surface area (Å²) in [5.74, 6) is -1.76. The molecule has 18 heavy (non-hydrogen) atoms. The van der Waals surface area contributed by atoms with E-state index in [1.165, 1.54) is 0 Å². The number of aromatic amines is 2. The molecular formula is C10H7F2N3O3. The predicted octanol–water partition coefficient (Wildman–Crippen LogP) is -0.449. The highest BCUT2D eigenvalue weighted by atomic mass is 19.1. The summed E-state index contributed by atoms with van der Waals surface area (Å²) >= 11 is 0. The van der Waals surface area contributed by atoms with Gasteiger partial charge in [0.15, 0.2) is 0 Å². The topological polar surface area (TPSA) is 87.7 Å². The molecule has 0 atom stereocenters. The van der Waals surface area contributed by atoms with Gasteiger partial charge < -0.3 is 0 Å². The van der Waals surface area contributed by atoms with E-state index in [-0.39, 0.29) is 0 Å². The number of hydrogen-bond donors (Lipinski definition) is 2. The lowest BCUT2D eigenvalue weighted by Gasteiger charge is -2.05. The molecule has 6 nitrogen and oxygen atoms in total. The lowest BCUT2D eigenvalue weighted by Crippen LogP contribution is -2.43. The quantitative estimate of drug-likeness (QED) is 0.762. The van der Waals surface area contributed by atoms with E-state index in [4.69, 9.17) is 0 Å². The number of benzene rings is 1. The van der Waals surface area contributed by atoms with Gasteiger partial charge in [-0.25, -0.2) is 27.7 Å². The first kappa shape index (κ1) is 12.0. The Kier molecular flexibility index (Phi) is 2.92. The molecule has 1 aromatic heterocycles. The zero-order chi connectivity index (χ0) is 13.3. The summed E-state index contributed by atoms with van der Waals surface area (Å²) in [6.45, 7) is -0.608. The van der Waals surface area contributed by atoms with E-state index in [9.17, 15) is 23.2 Å². The summed E-state index contributed by atoms with van der Waals surface area (Å²) in [7, 11) is 0. The van der Waals surface area contributed by atoms with Crippen LogP contribution in [0, 0.1) is 11.6 Å². The fourth-order valence-corrected chi connectivity index (χ4v) is 1.44. The van der Waals surface area contributed by atoms with Crippen molar-refractivity contribution in [2.75, 3.05) is 0 Å². The number of halogens is 2. The average molecular weight is 255 g/mol. The number of hydrogen-bond acceptors (Lipinski definition) is 3. The monoisotopic (exact) mass is 255 g/mol. The summed E-state index contributed by atoms with van der Waals surface area (Å²) in [6, 6.07) is 3.17. The first-order valence-electron chi connectivity index (χ1n) is 4.85. The summed E-state index contributed by atoms with van der Waals surface area (Å²) in [6.07, 6.45) is 0. The maximum Gasteiger partial charge on any atom is 0.333 e. The normalized spacial score (nSPS) is 10.6. The van der Waals surface area contributed by atoms with Crippen molar-refractivity contribution in [2.45, 2.75) is 6.54 Å². The van der Waals surface area contributed by atoms with Crippen molar-refractivity contribution in [2.24, 2.45) is 0 Å². The van der Waals surface area contributed by atoms with Gasteiger partial charge in [-0.3, -0.25) is 9.97 Å². The molecule has 2 rings (SSSR count). The molecule has 94 valence electrons. The second-order valence-corrected chi connectivity index (χ2v) is 3.48. The third-order valence-electron chi connectivity index (χ3n) is 2.31. The summed E-state index contributed by atoms with van der Waals surface area (Å²) in [5.41, 5.74) is -3.48. The molecule has 0 fully saturated rings. The number of nitrogens with zero attached hydrogens (tertiary/aromatic N) is 1. The van der Waals surface area contributed by atoms with Gasteiger partial charge in [-0.2, -0.15) is 0 Å². The van der Waals surface area contributed by atoms with E-state index in [0.29, 0.717) is 4.57 Å². The molecule has 0 radical (unpaired) electrons. The number of rotatable bonds is 2. The minimum Gasteiger partial charge on any atom is -0.259 e. The summed E-state index contributed by atoms with van der Waals surface area (Å²) < 4.78 is 27.2. The summed E-state index contributed by atoms with van der Waals surface area (Å²) in [5, 5.41) is 0. The third-order valence-corrected chi connectivity index (χ3v) is 2.31. The SMILES string of the molecule is O=c1[nH]c(=O)n(Cc2c(F)cccc2F)c(=O)[nH]1. The Balaban J connectivity index is 2.57. The van der Waals surface area contributed by atoms with Crippen LogP contribution >= 0.6 is 0 Å². The molecule has 0 unspecified atom stereocenters. The molecule has 0 spiro atoms. The molecule has 0 saturated carbocycles. The summed E-state index contributed by atoms with van der Waals surface area (Å²) in [4.78, 5) is 37.0. The van der Waals surface area contributed by atoms with Crippen molar-refractivity contribution in [3.63, 3.8) is 0 Å². The average Bonchev–Trinajstić information content (AvgIpc) is 2.26. The first-order valence-corrected chi connectivity index (χ1v) is 4.85. The molecule has 1 aromatic carbocycles. The molecule has 2 N–H and O–H groups in total. The van der Waals surface area contributed by atoms with Crippen LogP contribution in [0.2, 0.25) is 0 Å². The van der Waals surface area contributed by atoms with Crippen LogP contribution in [-0.4, -0.2) is 14.5 Å². The highest BCUT2D eigenvalue weighted by Crippen LogP contribution is 2.11. The van der Waals surface area contributed by atoms with E-state index in [1.807, 2.05) is 0 Å². The van der Waals surface area contributed by atoms with E-state index in [2.05, 4.69) is 0 Å². The molecule has 2 aromatic rings. The maximum absolute atomic E-state index is 13.3. The van der Waals surface area contributed by atoms with Gasteiger partial charge in [-0.15, -0.1) is 0 Å². The van der Waals surface area contributed by atoms with Crippen molar-refractivity contribution in [1.29, 1.82) is 0 Å². The van der Waals surface area contributed by atoms with Gasteiger partial charge in [-0.1, -0.05) is 6.07 Å². The van der Waals surface area contributed by atoms with Gasteiger partial charge in [0.2, 0.25) is 0 Å². The third kappa shape index (κ3) is 2.12. The van der Waals surface area contributed by atoms with Gasteiger partial charge >= 0.3 is 17.1 Å². The van der Waals surface area contributed by atoms with Gasteiger partial charge in [0.25, 0.3) is 0 Å². The van der Waals surface area contributed by atoms with Crippen LogP contribution in [0.1, 0.15) is 5.56 Å². The molecular weight excluding hydrogens is 248 g/mol. The Morgan fingerprint density at radius 3 is 2.00 bits per heavy atom. The van der Waals surface area contributed by atoms with Crippen LogP contribution < -0.4 is 17.1 Å². The Labute approximate surface area is 97.5 Å². The molecule has 0 aliphatic rings. The van der Waals surface area contributed by atoms with E-state index in [1.54, 1.807) is 9.97 Å². The van der Waals surface area contributed by atoms with Gasteiger partial charge in [0.05, 0.1) is 6.54 Å². The molecule has 8 heteroatoms. The zero-order valence-corrected chi connectivity index (χ0v) is 8.87. The maximum atomic E-state index is 13.3. The Hall–Kier alpha value is -2.51. The fraction of sp³-hybridized carbons (Fsp3) is 0.100. The van der Waals surface area contributed by atoms with Gasteiger partial charge in [0, 0.05) is 5.56 Å². The highest BCUT2D eigenvalue weighted by molar-refractivity contribution is 5.19. The van der Waals surface area contributed by atoms with Crippen molar-refractivity contribution in [3.05, 3.63) is 66.8 Å². The van der Waals surface area contributed by atoms with Crippen molar-refractivity contribution < 1.29 is 8.78 Å². The van der Waals surface area contributed by atoms with Crippen LogP contribution in [0.4, 0.5) is 8.78 Å². The smallest absolute Gasteiger partial charge is 0.259 e. The minimum atomic E-state index is -1.04. The van der Waals surface area contributed by atoms with Crippen LogP contribution in [0.25, 0.3) is 0 Å². The number of aromatic nitrogens is 3. The fourth-order valence-electron chi connectivity index (χ4n) is 1.44. The molecule has 1 heterocycles. The van der Waals surface area contributed by atoms with Crippen molar-refractivity contribution in [3.8, 4) is 0 Å². The molecule has 0 amide bonds. The number of nitrogens with one attached hydrogen (secondary N) is 2. The van der Waals surface area contributed by atoms with Crippen LogP contribution in [0.3, 0.4) is 0 Å². The van der Waals surface area contributed by atoms with E-state index in [0.717, 1.165) is 18.2 Å². The predicted molar refractivity (Wildman–Crippen MR) is 57.4 cm³/mol. The van der Waals surface area contributed by atoms with E-state index >= 15 is 0 Å². The largest absolute Gasteiger partial charge is 0.333 e. The van der Waals surface area contributed by atoms with Gasteiger partial charge in [0.1, 0.15) is 11.6 Å². The lowest BCUT2D eigenvalue weighted by atomic mass is 10.2. The number of H-pyrrole nitrogens is 2. The zero-order valence-electron chi connectivity index (χ0n) is 8.87.